The SMILES string of the molecule is CC(C)(c1cccc(-c2cccc(C(C)(C)c3nccs3)c2)c1)c1nccs1. The molecular weight excluding hydrogens is 380 g/mol. The van der Waals surface area contributed by atoms with Gasteiger partial charge in [0.15, 0.2) is 0 Å². The zero-order valence-corrected chi connectivity index (χ0v) is 18.3. The van der Waals surface area contributed by atoms with Gasteiger partial charge < -0.3 is 0 Å². The molecular formula is C24H24N2S2. The molecule has 4 rings (SSSR count). The minimum absolute atomic E-state index is 0.109. The van der Waals surface area contributed by atoms with Crippen molar-refractivity contribution >= 4 is 22.7 Å². The number of hydrogen-bond acceptors (Lipinski definition) is 4. The highest BCUT2D eigenvalue weighted by molar-refractivity contribution is 7.10. The third-order valence-corrected chi connectivity index (χ3v) is 7.63. The summed E-state index contributed by atoms with van der Waals surface area (Å²) in [4.78, 5) is 9.11. The van der Waals surface area contributed by atoms with Gasteiger partial charge in [-0.1, -0.05) is 48.5 Å². The first-order valence-electron chi connectivity index (χ1n) is 9.40. The van der Waals surface area contributed by atoms with Crippen LogP contribution in [0.5, 0.6) is 0 Å². The van der Waals surface area contributed by atoms with E-state index in [1.165, 1.54) is 22.3 Å². The fourth-order valence-electron chi connectivity index (χ4n) is 3.49. The molecule has 0 atom stereocenters. The second-order valence-corrected chi connectivity index (χ2v) is 9.88. The van der Waals surface area contributed by atoms with E-state index in [2.05, 4.69) is 86.2 Å². The molecule has 0 saturated carbocycles. The summed E-state index contributed by atoms with van der Waals surface area (Å²) in [6.07, 6.45) is 3.77. The first-order chi connectivity index (χ1) is 13.4. The van der Waals surface area contributed by atoms with Crippen LogP contribution >= 0.6 is 22.7 Å². The minimum atomic E-state index is -0.109. The quantitative estimate of drug-likeness (QED) is 0.361. The Morgan fingerprint density at radius 2 is 1.07 bits per heavy atom. The van der Waals surface area contributed by atoms with Crippen LogP contribution in [0.25, 0.3) is 11.1 Å². The molecule has 0 spiro atoms. The molecule has 0 fully saturated rings. The zero-order valence-electron chi connectivity index (χ0n) is 16.6. The highest BCUT2D eigenvalue weighted by atomic mass is 32.1. The van der Waals surface area contributed by atoms with E-state index in [-0.39, 0.29) is 10.8 Å². The maximum atomic E-state index is 4.55. The van der Waals surface area contributed by atoms with Crippen LogP contribution in [0.4, 0.5) is 0 Å². The summed E-state index contributed by atoms with van der Waals surface area (Å²) >= 11 is 3.43. The lowest BCUT2D eigenvalue weighted by atomic mass is 9.82. The number of rotatable bonds is 5. The molecule has 28 heavy (non-hydrogen) atoms. The topological polar surface area (TPSA) is 25.8 Å². The molecule has 4 aromatic rings. The van der Waals surface area contributed by atoms with Crippen molar-refractivity contribution in [2.75, 3.05) is 0 Å². The Bertz CT molecular complexity index is 974. The number of aromatic nitrogens is 2. The lowest BCUT2D eigenvalue weighted by molar-refractivity contribution is 0.634. The molecule has 0 N–H and O–H groups in total. The summed E-state index contributed by atoms with van der Waals surface area (Å²) in [5, 5.41) is 6.38. The smallest absolute Gasteiger partial charge is 0.102 e. The summed E-state index contributed by atoms with van der Waals surface area (Å²) in [7, 11) is 0. The van der Waals surface area contributed by atoms with Crippen LogP contribution < -0.4 is 0 Å². The number of thiazole rings is 2. The van der Waals surface area contributed by atoms with Crippen molar-refractivity contribution in [2.24, 2.45) is 0 Å². The van der Waals surface area contributed by atoms with Crippen LogP contribution in [-0.4, -0.2) is 9.97 Å². The Morgan fingerprint density at radius 3 is 1.43 bits per heavy atom. The van der Waals surface area contributed by atoms with Crippen LogP contribution in [-0.2, 0) is 10.8 Å². The highest BCUT2D eigenvalue weighted by Crippen LogP contribution is 2.37. The molecule has 2 nitrogen and oxygen atoms in total. The predicted octanol–water partition coefficient (Wildman–Crippen LogP) is 6.92. The van der Waals surface area contributed by atoms with Crippen LogP contribution in [0.15, 0.2) is 71.7 Å². The molecule has 2 aromatic carbocycles. The first kappa shape index (κ1) is 19.0. The van der Waals surface area contributed by atoms with Gasteiger partial charge in [-0.05, 0) is 49.9 Å². The molecule has 0 radical (unpaired) electrons. The lowest BCUT2D eigenvalue weighted by Gasteiger charge is -2.25. The molecule has 0 aliphatic rings. The maximum absolute atomic E-state index is 4.55. The fraction of sp³-hybridized carbons (Fsp3) is 0.250. The summed E-state index contributed by atoms with van der Waals surface area (Å²) < 4.78 is 0. The van der Waals surface area contributed by atoms with E-state index in [4.69, 9.17) is 0 Å². The molecule has 2 aromatic heterocycles. The molecule has 0 saturated heterocycles. The molecule has 0 unspecified atom stereocenters. The minimum Gasteiger partial charge on any atom is -0.249 e. The van der Waals surface area contributed by atoms with Gasteiger partial charge in [-0.15, -0.1) is 22.7 Å². The van der Waals surface area contributed by atoms with E-state index >= 15 is 0 Å². The van der Waals surface area contributed by atoms with Gasteiger partial charge in [-0.25, -0.2) is 9.97 Å². The Labute approximate surface area is 175 Å². The molecule has 4 heteroatoms. The van der Waals surface area contributed by atoms with E-state index in [0.29, 0.717) is 0 Å². The predicted molar refractivity (Wildman–Crippen MR) is 120 cm³/mol. The van der Waals surface area contributed by atoms with Gasteiger partial charge in [0.05, 0.1) is 0 Å². The molecule has 0 amide bonds. The summed E-state index contributed by atoms with van der Waals surface area (Å²) in [5.74, 6) is 0. The van der Waals surface area contributed by atoms with Gasteiger partial charge >= 0.3 is 0 Å². The molecule has 0 bridgehead atoms. The maximum Gasteiger partial charge on any atom is 0.102 e. The normalized spacial score (nSPS) is 12.3. The Morgan fingerprint density at radius 1 is 0.643 bits per heavy atom. The van der Waals surface area contributed by atoms with Crippen LogP contribution in [0.2, 0.25) is 0 Å². The Kier molecular flexibility index (Phi) is 4.94. The van der Waals surface area contributed by atoms with Gasteiger partial charge in [-0.2, -0.15) is 0 Å². The van der Waals surface area contributed by atoms with E-state index < -0.39 is 0 Å². The van der Waals surface area contributed by atoms with E-state index in [0.717, 1.165) is 10.0 Å². The van der Waals surface area contributed by atoms with Crippen LogP contribution in [0.3, 0.4) is 0 Å². The molecule has 2 heterocycles. The first-order valence-corrected chi connectivity index (χ1v) is 11.2. The summed E-state index contributed by atoms with van der Waals surface area (Å²) in [6.45, 7) is 8.97. The molecule has 142 valence electrons. The van der Waals surface area contributed by atoms with Crippen molar-refractivity contribution in [1.82, 2.24) is 9.97 Å². The Hall–Kier alpha value is -2.30. The average molecular weight is 405 g/mol. The number of hydrogen-bond donors (Lipinski definition) is 0. The van der Waals surface area contributed by atoms with E-state index in [1.807, 2.05) is 23.2 Å². The van der Waals surface area contributed by atoms with Gasteiger partial charge in [0.25, 0.3) is 0 Å². The van der Waals surface area contributed by atoms with Crippen LogP contribution in [0.1, 0.15) is 48.8 Å². The lowest BCUT2D eigenvalue weighted by Crippen LogP contribution is -2.19. The van der Waals surface area contributed by atoms with E-state index in [1.54, 1.807) is 22.7 Å². The fourth-order valence-corrected chi connectivity index (χ4v) is 5.06. The van der Waals surface area contributed by atoms with Gasteiger partial charge in [0.2, 0.25) is 0 Å². The summed E-state index contributed by atoms with van der Waals surface area (Å²) in [5.41, 5.74) is 4.82. The average Bonchev–Trinajstić information content (AvgIpc) is 3.42. The van der Waals surface area contributed by atoms with Gasteiger partial charge in [0.1, 0.15) is 10.0 Å². The second-order valence-electron chi connectivity index (χ2n) is 8.09. The van der Waals surface area contributed by atoms with Crippen molar-refractivity contribution < 1.29 is 0 Å². The van der Waals surface area contributed by atoms with Crippen molar-refractivity contribution in [3.8, 4) is 11.1 Å². The third kappa shape index (κ3) is 3.43. The highest BCUT2D eigenvalue weighted by Gasteiger charge is 2.27. The monoisotopic (exact) mass is 404 g/mol. The van der Waals surface area contributed by atoms with Crippen molar-refractivity contribution in [2.45, 2.75) is 38.5 Å². The van der Waals surface area contributed by atoms with Gasteiger partial charge in [0, 0.05) is 34.0 Å². The van der Waals surface area contributed by atoms with Crippen molar-refractivity contribution in [3.05, 3.63) is 92.8 Å². The van der Waals surface area contributed by atoms with E-state index in [9.17, 15) is 0 Å². The largest absolute Gasteiger partial charge is 0.249 e. The van der Waals surface area contributed by atoms with Gasteiger partial charge in [-0.3, -0.25) is 0 Å². The molecule has 0 aliphatic heterocycles. The number of benzene rings is 2. The molecule has 0 aliphatic carbocycles. The van der Waals surface area contributed by atoms with Crippen LogP contribution in [0, 0.1) is 0 Å². The third-order valence-electron chi connectivity index (χ3n) is 5.44. The van der Waals surface area contributed by atoms with Crippen molar-refractivity contribution in [3.63, 3.8) is 0 Å². The van der Waals surface area contributed by atoms with Crippen molar-refractivity contribution in [1.29, 1.82) is 0 Å². The summed E-state index contributed by atoms with van der Waals surface area (Å²) in [6, 6.07) is 17.7. The second kappa shape index (κ2) is 7.26. The number of nitrogens with zero attached hydrogens (tertiary/aromatic N) is 2. The standard InChI is InChI=1S/C24H24N2S2/c1-23(2,21-25-11-13-27-21)19-9-5-7-17(15-19)18-8-6-10-20(16-18)24(3,4)22-26-12-14-28-22/h5-16H,1-4H3. The Balaban J connectivity index is 1.73. The zero-order chi connectivity index (χ0) is 19.8.